The second-order valence-electron chi connectivity index (χ2n) is 4.39. The number of para-hydroxylation sites is 1. The van der Waals surface area contributed by atoms with Crippen LogP contribution in [0.15, 0.2) is 50.2 Å². The first kappa shape index (κ1) is 16.5. The van der Waals surface area contributed by atoms with Crippen molar-refractivity contribution in [2.75, 3.05) is 5.75 Å². The van der Waals surface area contributed by atoms with Crippen LogP contribution in [0.4, 0.5) is 5.69 Å². The fourth-order valence-corrected chi connectivity index (χ4v) is 4.47. The molecule has 0 saturated heterocycles. The highest BCUT2D eigenvalue weighted by Crippen LogP contribution is 2.42. The fourth-order valence-electron chi connectivity index (χ4n) is 1.97. The van der Waals surface area contributed by atoms with Gasteiger partial charge in [0.15, 0.2) is 0 Å². The average Bonchev–Trinajstić information content (AvgIpc) is 2.45. The lowest BCUT2D eigenvalue weighted by atomic mass is 10.0. The zero-order chi connectivity index (χ0) is 15.4. The summed E-state index contributed by atoms with van der Waals surface area (Å²) >= 11 is 8.74. The van der Waals surface area contributed by atoms with Crippen molar-refractivity contribution in [1.82, 2.24) is 0 Å². The van der Waals surface area contributed by atoms with Gasteiger partial charge in [-0.2, -0.15) is 0 Å². The summed E-state index contributed by atoms with van der Waals surface area (Å²) in [5.41, 5.74) is 1.64. The Morgan fingerprint density at radius 2 is 1.90 bits per heavy atom. The lowest BCUT2D eigenvalue weighted by molar-refractivity contribution is -0.384. The monoisotopic (exact) mass is 429 g/mol. The van der Waals surface area contributed by atoms with Gasteiger partial charge in [0.1, 0.15) is 0 Å². The van der Waals surface area contributed by atoms with Crippen molar-refractivity contribution in [1.29, 1.82) is 0 Å². The van der Waals surface area contributed by atoms with E-state index in [0.29, 0.717) is 5.56 Å². The molecular weight excluding hydrogens is 418 g/mol. The molecule has 0 aliphatic heterocycles. The van der Waals surface area contributed by atoms with Crippen molar-refractivity contribution in [3.05, 3.63) is 55.5 Å². The minimum absolute atomic E-state index is 0.126. The summed E-state index contributed by atoms with van der Waals surface area (Å²) in [6.07, 6.45) is 1.05. The van der Waals surface area contributed by atoms with Crippen LogP contribution in [-0.2, 0) is 0 Å². The third-order valence-corrected chi connectivity index (χ3v) is 5.54. The summed E-state index contributed by atoms with van der Waals surface area (Å²) in [5.74, 6) is 0.966. The summed E-state index contributed by atoms with van der Waals surface area (Å²) < 4.78 is 1.84. The summed E-state index contributed by atoms with van der Waals surface area (Å²) in [6, 6.07) is 10.8. The number of hydrogen-bond donors (Lipinski definition) is 0. The van der Waals surface area contributed by atoms with E-state index in [9.17, 15) is 10.1 Å². The quantitative estimate of drug-likeness (QED) is 0.318. The summed E-state index contributed by atoms with van der Waals surface area (Å²) in [7, 11) is 0. The Morgan fingerprint density at radius 3 is 2.57 bits per heavy atom. The predicted octanol–water partition coefficient (Wildman–Crippen LogP) is 6.29. The Bertz CT molecular complexity index is 677. The van der Waals surface area contributed by atoms with Crippen molar-refractivity contribution in [2.45, 2.75) is 18.2 Å². The highest BCUT2D eigenvalue weighted by Gasteiger charge is 2.19. The van der Waals surface area contributed by atoms with Gasteiger partial charge in [-0.3, -0.25) is 10.1 Å². The molecule has 0 N–H and O–H groups in total. The van der Waals surface area contributed by atoms with Gasteiger partial charge in [0.25, 0.3) is 5.69 Å². The van der Waals surface area contributed by atoms with Crippen molar-refractivity contribution in [3.63, 3.8) is 0 Å². The first-order valence-electron chi connectivity index (χ1n) is 6.40. The zero-order valence-corrected chi connectivity index (χ0v) is 15.3. The molecule has 21 heavy (non-hydrogen) atoms. The van der Waals surface area contributed by atoms with Crippen molar-refractivity contribution < 1.29 is 4.92 Å². The number of nitro benzene ring substituents is 1. The molecule has 0 saturated carbocycles. The number of halogens is 2. The van der Waals surface area contributed by atoms with Crippen molar-refractivity contribution >= 4 is 49.3 Å². The van der Waals surface area contributed by atoms with Crippen LogP contribution in [0.3, 0.4) is 0 Å². The summed E-state index contributed by atoms with van der Waals surface area (Å²) in [5, 5.41) is 11.3. The van der Waals surface area contributed by atoms with Crippen LogP contribution in [-0.4, -0.2) is 10.7 Å². The standard InChI is InChI=1S/C15H13Br2NO2S/c1-2-7-21-15-12(8-10(16)9-13(15)17)11-5-3-4-6-14(11)18(19)20/h3-6,8-9H,2,7H2,1H3. The SMILES string of the molecule is CCCSc1c(Br)cc(Br)cc1-c1ccccc1[N+](=O)[O-]. The lowest BCUT2D eigenvalue weighted by Gasteiger charge is -2.12. The average molecular weight is 431 g/mol. The van der Waals surface area contributed by atoms with Crippen LogP contribution in [0, 0.1) is 10.1 Å². The van der Waals surface area contributed by atoms with Crippen LogP contribution in [0.25, 0.3) is 11.1 Å². The van der Waals surface area contributed by atoms with Gasteiger partial charge < -0.3 is 0 Å². The molecule has 2 aromatic carbocycles. The maximum Gasteiger partial charge on any atom is 0.277 e. The van der Waals surface area contributed by atoms with Crippen LogP contribution in [0.2, 0.25) is 0 Å². The Kier molecular flexibility index (Phi) is 5.84. The maximum atomic E-state index is 11.3. The molecule has 0 fully saturated rings. The van der Waals surface area contributed by atoms with Crippen molar-refractivity contribution in [2.24, 2.45) is 0 Å². The molecule has 0 aromatic heterocycles. The summed E-state index contributed by atoms with van der Waals surface area (Å²) in [4.78, 5) is 12.0. The Balaban J connectivity index is 2.65. The van der Waals surface area contributed by atoms with Crippen LogP contribution in [0.5, 0.6) is 0 Å². The van der Waals surface area contributed by atoms with E-state index in [4.69, 9.17) is 0 Å². The van der Waals surface area contributed by atoms with Crippen LogP contribution < -0.4 is 0 Å². The third kappa shape index (κ3) is 3.87. The van der Waals surface area contributed by atoms with Gasteiger partial charge in [-0.15, -0.1) is 11.8 Å². The van der Waals surface area contributed by atoms with Gasteiger partial charge in [0.2, 0.25) is 0 Å². The summed E-state index contributed by atoms with van der Waals surface area (Å²) in [6.45, 7) is 2.12. The largest absolute Gasteiger partial charge is 0.277 e. The van der Waals surface area contributed by atoms with E-state index in [2.05, 4.69) is 38.8 Å². The molecule has 0 aliphatic rings. The van der Waals surface area contributed by atoms with Crippen molar-refractivity contribution in [3.8, 4) is 11.1 Å². The van der Waals surface area contributed by atoms with E-state index in [-0.39, 0.29) is 10.6 Å². The molecule has 0 radical (unpaired) electrons. The Labute approximate surface area is 144 Å². The van der Waals surface area contributed by atoms with Gasteiger partial charge >= 0.3 is 0 Å². The third-order valence-electron chi connectivity index (χ3n) is 2.85. The molecule has 0 aliphatic carbocycles. The minimum Gasteiger partial charge on any atom is -0.258 e. The Morgan fingerprint density at radius 1 is 1.19 bits per heavy atom. The van der Waals surface area contributed by atoms with Gasteiger partial charge in [-0.05, 0) is 46.3 Å². The molecule has 3 nitrogen and oxygen atoms in total. The van der Waals surface area contributed by atoms with Gasteiger partial charge in [-0.25, -0.2) is 0 Å². The van der Waals surface area contributed by atoms with E-state index < -0.39 is 0 Å². The number of hydrogen-bond acceptors (Lipinski definition) is 3. The van der Waals surface area contributed by atoms with Gasteiger partial charge in [0.05, 0.1) is 10.5 Å². The Hall–Kier alpha value is -0.850. The van der Waals surface area contributed by atoms with Crippen LogP contribution in [0.1, 0.15) is 13.3 Å². The molecule has 0 atom stereocenters. The molecule has 0 bridgehead atoms. The van der Waals surface area contributed by atoms with E-state index in [1.54, 1.807) is 30.0 Å². The maximum absolute atomic E-state index is 11.3. The molecule has 2 rings (SSSR count). The normalized spacial score (nSPS) is 10.6. The van der Waals surface area contributed by atoms with E-state index in [0.717, 1.165) is 31.6 Å². The second-order valence-corrected chi connectivity index (χ2v) is 7.26. The molecule has 2 aromatic rings. The van der Waals surface area contributed by atoms with Gasteiger partial charge in [-0.1, -0.05) is 35.0 Å². The van der Waals surface area contributed by atoms with Gasteiger partial charge in [0, 0.05) is 25.5 Å². The number of nitrogens with zero attached hydrogens (tertiary/aromatic N) is 1. The molecule has 0 unspecified atom stereocenters. The first-order valence-corrected chi connectivity index (χ1v) is 8.97. The first-order chi connectivity index (χ1) is 10.0. The molecule has 0 amide bonds. The predicted molar refractivity (Wildman–Crippen MR) is 94.9 cm³/mol. The number of nitro groups is 1. The molecule has 0 heterocycles. The number of rotatable bonds is 5. The fraction of sp³-hybridized carbons (Fsp3) is 0.200. The molecule has 6 heteroatoms. The molecule has 110 valence electrons. The number of benzene rings is 2. The zero-order valence-electron chi connectivity index (χ0n) is 11.3. The molecular formula is C15H13Br2NO2S. The van der Waals surface area contributed by atoms with Crippen LogP contribution >= 0.6 is 43.6 Å². The topological polar surface area (TPSA) is 43.1 Å². The van der Waals surface area contributed by atoms with E-state index >= 15 is 0 Å². The smallest absolute Gasteiger partial charge is 0.258 e. The number of thioether (sulfide) groups is 1. The lowest BCUT2D eigenvalue weighted by Crippen LogP contribution is -1.94. The van der Waals surface area contributed by atoms with E-state index in [1.807, 2.05) is 18.2 Å². The highest BCUT2D eigenvalue weighted by atomic mass is 79.9. The minimum atomic E-state index is -0.335. The van der Waals surface area contributed by atoms with E-state index in [1.165, 1.54) is 0 Å². The second kappa shape index (κ2) is 7.42. The molecule has 0 spiro atoms. The highest BCUT2D eigenvalue weighted by molar-refractivity contribution is 9.11.